The average Bonchev–Trinajstić information content (AvgIpc) is 2.35. The maximum absolute atomic E-state index is 12.4. The standard InChI is InChI=1S/C12H15ClF3NO2S/c1-9(17-20(18,19)8-2-7-13)10-3-5-11(6-4-10)12(14,15)16/h3-6,9,17H,2,7-8H2,1H3. The van der Waals surface area contributed by atoms with E-state index in [4.69, 9.17) is 11.6 Å². The van der Waals surface area contributed by atoms with Crippen LogP contribution in [0.2, 0.25) is 0 Å². The van der Waals surface area contributed by atoms with Crippen molar-refractivity contribution >= 4 is 21.6 Å². The summed E-state index contributed by atoms with van der Waals surface area (Å²) in [5.74, 6) is 0.122. The number of benzene rings is 1. The fraction of sp³-hybridized carbons (Fsp3) is 0.500. The van der Waals surface area contributed by atoms with Crippen molar-refractivity contribution < 1.29 is 21.6 Å². The molecule has 0 aromatic heterocycles. The first-order valence-electron chi connectivity index (χ1n) is 5.89. The lowest BCUT2D eigenvalue weighted by atomic mass is 10.1. The molecule has 114 valence electrons. The molecular formula is C12H15ClF3NO2S. The predicted molar refractivity (Wildman–Crippen MR) is 72.1 cm³/mol. The van der Waals surface area contributed by atoms with Gasteiger partial charge in [-0.1, -0.05) is 12.1 Å². The quantitative estimate of drug-likeness (QED) is 0.814. The number of halogens is 4. The topological polar surface area (TPSA) is 46.2 Å². The first-order valence-corrected chi connectivity index (χ1v) is 8.07. The van der Waals surface area contributed by atoms with Gasteiger partial charge in [-0.25, -0.2) is 13.1 Å². The Morgan fingerprint density at radius 1 is 1.25 bits per heavy atom. The fourth-order valence-electron chi connectivity index (χ4n) is 1.60. The second-order valence-electron chi connectivity index (χ2n) is 4.32. The van der Waals surface area contributed by atoms with Crippen molar-refractivity contribution in [3.05, 3.63) is 35.4 Å². The summed E-state index contributed by atoms with van der Waals surface area (Å²) in [6.45, 7) is 1.57. The van der Waals surface area contributed by atoms with Crippen molar-refractivity contribution in [3.63, 3.8) is 0 Å². The van der Waals surface area contributed by atoms with E-state index in [0.29, 0.717) is 12.0 Å². The lowest BCUT2D eigenvalue weighted by Gasteiger charge is -2.15. The zero-order valence-electron chi connectivity index (χ0n) is 10.7. The second-order valence-corrected chi connectivity index (χ2v) is 6.57. The molecule has 0 aliphatic rings. The molecule has 0 bridgehead atoms. The summed E-state index contributed by atoms with van der Waals surface area (Å²) >= 11 is 5.42. The van der Waals surface area contributed by atoms with Gasteiger partial charge >= 0.3 is 6.18 Å². The third kappa shape index (κ3) is 5.30. The molecule has 0 amide bonds. The van der Waals surface area contributed by atoms with E-state index in [1.54, 1.807) is 6.92 Å². The van der Waals surface area contributed by atoms with Crippen LogP contribution in [0.25, 0.3) is 0 Å². The molecular weight excluding hydrogens is 315 g/mol. The Bertz CT molecular complexity index is 529. The minimum Gasteiger partial charge on any atom is -0.212 e. The first-order chi connectivity index (χ1) is 9.15. The van der Waals surface area contributed by atoms with Crippen LogP contribution in [0.5, 0.6) is 0 Å². The van der Waals surface area contributed by atoms with Gasteiger partial charge in [0, 0.05) is 11.9 Å². The molecule has 1 aromatic carbocycles. The Kier molecular flexibility index (Phi) is 5.85. The van der Waals surface area contributed by atoms with Crippen LogP contribution >= 0.6 is 11.6 Å². The molecule has 1 aromatic rings. The molecule has 0 aliphatic heterocycles. The third-order valence-electron chi connectivity index (χ3n) is 2.64. The van der Waals surface area contributed by atoms with Gasteiger partial charge in [-0.3, -0.25) is 0 Å². The highest BCUT2D eigenvalue weighted by Gasteiger charge is 2.30. The smallest absolute Gasteiger partial charge is 0.212 e. The van der Waals surface area contributed by atoms with Crippen molar-refractivity contribution in [3.8, 4) is 0 Å². The van der Waals surface area contributed by atoms with E-state index >= 15 is 0 Å². The SMILES string of the molecule is CC(NS(=O)(=O)CCCCl)c1ccc(C(F)(F)F)cc1. The van der Waals surface area contributed by atoms with Gasteiger partial charge in [-0.05, 0) is 31.0 Å². The highest BCUT2D eigenvalue weighted by molar-refractivity contribution is 7.89. The lowest BCUT2D eigenvalue weighted by molar-refractivity contribution is -0.137. The highest BCUT2D eigenvalue weighted by atomic mass is 35.5. The Hall–Kier alpha value is -0.790. The van der Waals surface area contributed by atoms with Gasteiger partial charge in [0.2, 0.25) is 10.0 Å². The van der Waals surface area contributed by atoms with Crippen LogP contribution in [-0.2, 0) is 16.2 Å². The molecule has 0 radical (unpaired) electrons. The molecule has 1 N–H and O–H groups in total. The normalized spacial score (nSPS) is 14.2. The van der Waals surface area contributed by atoms with Gasteiger partial charge in [0.05, 0.1) is 11.3 Å². The van der Waals surface area contributed by atoms with E-state index in [2.05, 4.69) is 4.72 Å². The van der Waals surface area contributed by atoms with E-state index in [-0.39, 0.29) is 11.6 Å². The molecule has 0 spiro atoms. The molecule has 1 atom stereocenters. The van der Waals surface area contributed by atoms with Gasteiger partial charge < -0.3 is 0 Å². The maximum Gasteiger partial charge on any atom is 0.416 e. The molecule has 20 heavy (non-hydrogen) atoms. The van der Waals surface area contributed by atoms with E-state index in [1.165, 1.54) is 12.1 Å². The third-order valence-corrected chi connectivity index (χ3v) is 4.45. The van der Waals surface area contributed by atoms with Gasteiger partial charge in [0.15, 0.2) is 0 Å². The maximum atomic E-state index is 12.4. The highest BCUT2D eigenvalue weighted by Crippen LogP contribution is 2.29. The van der Waals surface area contributed by atoms with Crippen LogP contribution < -0.4 is 4.72 Å². The summed E-state index contributed by atoms with van der Waals surface area (Å²) in [5, 5.41) is 0. The molecule has 3 nitrogen and oxygen atoms in total. The Labute approximate surface area is 121 Å². The van der Waals surface area contributed by atoms with Crippen LogP contribution in [0.4, 0.5) is 13.2 Å². The monoisotopic (exact) mass is 329 g/mol. The summed E-state index contributed by atoms with van der Waals surface area (Å²) in [4.78, 5) is 0. The van der Waals surface area contributed by atoms with Gasteiger partial charge in [0.1, 0.15) is 0 Å². The van der Waals surface area contributed by atoms with Crippen molar-refractivity contribution in [2.75, 3.05) is 11.6 Å². The molecule has 0 heterocycles. The number of hydrogen-bond donors (Lipinski definition) is 1. The number of sulfonamides is 1. The largest absolute Gasteiger partial charge is 0.416 e. The molecule has 0 aliphatic carbocycles. The molecule has 0 saturated carbocycles. The van der Waals surface area contributed by atoms with E-state index in [0.717, 1.165) is 12.1 Å². The summed E-state index contributed by atoms with van der Waals surface area (Å²) in [6.07, 6.45) is -4.09. The second kappa shape index (κ2) is 6.78. The van der Waals surface area contributed by atoms with Crippen LogP contribution in [0.3, 0.4) is 0 Å². The number of hydrogen-bond acceptors (Lipinski definition) is 2. The van der Waals surface area contributed by atoms with E-state index < -0.39 is 27.8 Å². The zero-order valence-corrected chi connectivity index (χ0v) is 12.3. The number of nitrogens with one attached hydrogen (secondary N) is 1. The van der Waals surface area contributed by atoms with Crippen molar-refractivity contribution in [1.29, 1.82) is 0 Å². The number of rotatable bonds is 6. The minimum absolute atomic E-state index is 0.110. The molecule has 1 rings (SSSR count). The zero-order chi connectivity index (χ0) is 15.4. The average molecular weight is 330 g/mol. The Morgan fingerprint density at radius 3 is 2.25 bits per heavy atom. The van der Waals surface area contributed by atoms with Gasteiger partial charge in [0.25, 0.3) is 0 Å². The molecule has 0 fully saturated rings. The van der Waals surface area contributed by atoms with Crippen LogP contribution in [0, 0.1) is 0 Å². The van der Waals surface area contributed by atoms with Crippen molar-refractivity contribution in [2.24, 2.45) is 0 Å². The molecule has 1 unspecified atom stereocenters. The van der Waals surface area contributed by atoms with Crippen molar-refractivity contribution in [2.45, 2.75) is 25.6 Å². The minimum atomic E-state index is -4.40. The van der Waals surface area contributed by atoms with Crippen LogP contribution in [0.1, 0.15) is 30.5 Å². The summed E-state index contributed by atoms with van der Waals surface area (Å²) < 4.78 is 62.9. The number of alkyl halides is 4. The summed E-state index contributed by atoms with van der Waals surface area (Å²) in [5.41, 5.74) is -0.300. The van der Waals surface area contributed by atoms with Gasteiger partial charge in [-0.2, -0.15) is 13.2 Å². The first kappa shape index (κ1) is 17.3. The Morgan fingerprint density at radius 2 is 1.80 bits per heavy atom. The fourth-order valence-corrected chi connectivity index (χ4v) is 3.21. The Balaban J connectivity index is 2.76. The lowest BCUT2D eigenvalue weighted by Crippen LogP contribution is -2.29. The van der Waals surface area contributed by atoms with E-state index in [1.807, 2.05) is 0 Å². The molecule has 0 saturated heterocycles. The summed E-state index contributed by atoms with van der Waals surface area (Å²) in [6, 6.07) is 3.78. The molecule has 8 heteroatoms. The summed E-state index contributed by atoms with van der Waals surface area (Å²) in [7, 11) is -3.49. The van der Waals surface area contributed by atoms with Gasteiger partial charge in [-0.15, -0.1) is 11.6 Å². The van der Waals surface area contributed by atoms with Crippen LogP contribution in [0.15, 0.2) is 24.3 Å². The van der Waals surface area contributed by atoms with Crippen molar-refractivity contribution in [1.82, 2.24) is 4.72 Å². The predicted octanol–water partition coefficient (Wildman–Crippen LogP) is 3.31. The van der Waals surface area contributed by atoms with E-state index in [9.17, 15) is 21.6 Å². The van der Waals surface area contributed by atoms with Crippen LogP contribution in [-0.4, -0.2) is 20.1 Å².